The highest BCUT2D eigenvalue weighted by Crippen LogP contribution is 2.25. The zero-order valence-corrected chi connectivity index (χ0v) is 21.0. The number of amides is 2. The summed E-state index contributed by atoms with van der Waals surface area (Å²) >= 11 is 0. The third-order valence-electron chi connectivity index (χ3n) is 6.23. The van der Waals surface area contributed by atoms with Gasteiger partial charge in [0.2, 0.25) is 5.91 Å². The first kappa shape index (κ1) is 24.7. The number of nitrogens with one attached hydrogen (secondary N) is 1. The Hall–Kier alpha value is -3.40. The van der Waals surface area contributed by atoms with E-state index in [-0.39, 0.29) is 36.2 Å². The Balaban J connectivity index is 1.61. The number of nitrogens with two attached hydrogens (primary N) is 1. The lowest BCUT2D eigenvalue weighted by molar-refractivity contribution is -0.135. The van der Waals surface area contributed by atoms with E-state index >= 15 is 0 Å². The van der Waals surface area contributed by atoms with Gasteiger partial charge in [-0.15, -0.1) is 0 Å². The second-order valence-electron chi connectivity index (χ2n) is 10.0. The molecule has 0 bridgehead atoms. The summed E-state index contributed by atoms with van der Waals surface area (Å²) in [5.41, 5.74) is 7.89. The van der Waals surface area contributed by atoms with Gasteiger partial charge in [-0.25, -0.2) is 8.42 Å². The van der Waals surface area contributed by atoms with Crippen LogP contribution in [0.25, 0.3) is 10.9 Å². The number of rotatable bonds is 5. The van der Waals surface area contributed by atoms with Gasteiger partial charge in [-0.3, -0.25) is 14.3 Å². The largest absolute Gasteiger partial charge is 0.399 e. The molecule has 1 saturated heterocycles. The SMILES string of the molecule is CC(C)(C)C(NC(=O)c1nn(Cc2ccc(N)cc2)c2ccccc12)C(=O)N1CCS(=O)(=O)CC1. The molecule has 186 valence electrons. The van der Waals surface area contributed by atoms with Crippen LogP contribution in [-0.4, -0.2) is 65.5 Å². The lowest BCUT2D eigenvalue weighted by Crippen LogP contribution is -2.57. The minimum atomic E-state index is -3.13. The minimum absolute atomic E-state index is 0.0657. The zero-order valence-electron chi connectivity index (χ0n) is 20.2. The van der Waals surface area contributed by atoms with Gasteiger partial charge in [-0.2, -0.15) is 5.10 Å². The number of hydrogen-bond donors (Lipinski definition) is 2. The fourth-order valence-corrected chi connectivity index (χ4v) is 5.38. The Morgan fingerprint density at radius 1 is 1.06 bits per heavy atom. The van der Waals surface area contributed by atoms with Crippen LogP contribution in [0.5, 0.6) is 0 Å². The van der Waals surface area contributed by atoms with E-state index in [9.17, 15) is 18.0 Å². The molecule has 0 spiro atoms. The van der Waals surface area contributed by atoms with Crippen LogP contribution in [0.1, 0.15) is 36.8 Å². The van der Waals surface area contributed by atoms with E-state index in [0.29, 0.717) is 17.6 Å². The maximum Gasteiger partial charge on any atom is 0.273 e. The van der Waals surface area contributed by atoms with Gasteiger partial charge in [0, 0.05) is 24.2 Å². The number of aromatic nitrogens is 2. The highest BCUT2D eigenvalue weighted by atomic mass is 32.2. The lowest BCUT2D eigenvalue weighted by atomic mass is 9.85. The van der Waals surface area contributed by atoms with E-state index < -0.39 is 27.2 Å². The Labute approximate surface area is 205 Å². The van der Waals surface area contributed by atoms with Crippen molar-refractivity contribution in [1.82, 2.24) is 20.0 Å². The summed E-state index contributed by atoms with van der Waals surface area (Å²) < 4.78 is 25.4. The highest BCUT2D eigenvalue weighted by Gasteiger charge is 2.38. The zero-order chi connectivity index (χ0) is 25.4. The van der Waals surface area contributed by atoms with Crippen molar-refractivity contribution in [2.75, 3.05) is 30.3 Å². The van der Waals surface area contributed by atoms with Crippen molar-refractivity contribution in [3.05, 3.63) is 59.8 Å². The Bertz CT molecular complexity index is 1340. The monoisotopic (exact) mass is 497 g/mol. The van der Waals surface area contributed by atoms with Crippen LogP contribution in [0, 0.1) is 5.41 Å². The Morgan fingerprint density at radius 2 is 1.69 bits per heavy atom. The molecule has 2 amide bonds. The molecule has 10 heteroatoms. The van der Waals surface area contributed by atoms with Crippen molar-refractivity contribution >= 4 is 38.2 Å². The number of para-hydroxylation sites is 1. The first-order valence-electron chi connectivity index (χ1n) is 11.5. The van der Waals surface area contributed by atoms with Gasteiger partial charge in [0.25, 0.3) is 5.91 Å². The van der Waals surface area contributed by atoms with Crippen molar-refractivity contribution in [3.63, 3.8) is 0 Å². The van der Waals surface area contributed by atoms with Gasteiger partial charge >= 0.3 is 0 Å². The van der Waals surface area contributed by atoms with Gasteiger partial charge in [-0.1, -0.05) is 51.1 Å². The molecule has 1 aliphatic heterocycles. The third kappa shape index (κ3) is 5.48. The normalized spacial score (nSPS) is 16.7. The van der Waals surface area contributed by atoms with Crippen LogP contribution in [0.3, 0.4) is 0 Å². The van der Waals surface area contributed by atoms with Crippen LogP contribution < -0.4 is 11.1 Å². The standard InChI is InChI=1S/C25H31N5O4S/c1-25(2,3)22(24(32)29-12-14-35(33,34)15-13-29)27-23(31)21-19-6-4-5-7-20(19)30(28-21)16-17-8-10-18(26)11-9-17/h4-11,22H,12-16,26H2,1-3H3,(H,27,31). The lowest BCUT2D eigenvalue weighted by Gasteiger charge is -2.36. The van der Waals surface area contributed by atoms with E-state index in [4.69, 9.17) is 5.73 Å². The molecule has 1 aromatic heterocycles. The van der Waals surface area contributed by atoms with Crippen LogP contribution >= 0.6 is 0 Å². The van der Waals surface area contributed by atoms with Crippen molar-refractivity contribution in [2.45, 2.75) is 33.4 Å². The molecule has 2 heterocycles. The van der Waals surface area contributed by atoms with Crippen LogP contribution in [-0.2, 0) is 21.2 Å². The molecule has 35 heavy (non-hydrogen) atoms. The third-order valence-corrected chi connectivity index (χ3v) is 7.84. The second kappa shape index (κ2) is 9.33. The molecule has 1 fully saturated rings. The van der Waals surface area contributed by atoms with Crippen molar-refractivity contribution in [3.8, 4) is 0 Å². The number of fused-ring (bicyclic) bond motifs is 1. The Kier molecular flexibility index (Phi) is 6.59. The first-order chi connectivity index (χ1) is 16.4. The molecule has 9 nitrogen and oxygen atoms in total. The van der Waals surface area contributed by atoms with Crippen molar-refractivity contribution < 1.29 is 18.0 Å². The summed E-state index contributed by atoms with van der Waals surface area (Å²) in [4.78, 5) is 28.3. The molecule has 0 radical (unpaired) electrons. The summed E-state index contributed by atoms with van der Waals surface area (Å²) in [7, 11) is -3.13. The number of nitrogen functional groups attached to an aromatic ring is 1. The van der Waals surface area contributed by atoms with Gasteiger partial charge < -0.3 is 16.0 Å². The van der Waals surface area contributed by atoms with Crippen molar-refractivity contribution in [2.24, 2.45) is 5.41 Å². The molecule has 3 N–H and O–H groups in total. The molecule has 2 aromatic carbocycles. The van der Waals surface area contributed by atoms with Gasteiger partial charge in [-0.05, 0) is 29.2 Å². The summed E-state index contributed by atoms with van der Waals surface area (Å²) in [6.45, 7) is 6.32. The smallest absolute Gasteiger partial charge is 0.273 e. The van der Waals surface area contributed by atoms with E-state index in [0.717, 1.165) is 11.1 Å². The quantitative estimate of drug-likeness (QED) is 0.520. The average molecular weight is 498 g/mol. The summed E-state index contributed by atoms with van der Waals surface area (Å²) in [5, 5.41) is 8.18. The van der Waals surface area contributed by atoms with Gasteiger partial charge in [0.15, 0.2) is 15.5 Å². The molecule has 1 aliphatic rings. The molecule has 0 aliphatic carbocycles. The Morgan fingerprint density at radius 3 is 2.31 bits per heavy atom. The number of carbonyl (C=O) groups is 2. The average Bonchev–Trinajstić information content (AvgIpc) is 3.16. The number of sulfone groups is 1. The van der Waals surface area contributed by atoms with E-state index in [1.807, 2.05) is 69.3 Å². The topological polar surface area (TPSA) is 127 Å². The molecule has 3 aromatic rings. The van der Waals surface area contributed by atoms with E-state index in [2.05, 4.69) is 10.4 Å². The van der Waals surface area contributed by atoms with E-state index in [1.54, 1.807) is 4.68 Å². The molecular formula is C25H31N5O4S. The highest BCUT2D eigenvalue weighted by molar-refractivity contribution is 7.91. The fourth-order valence-electron chi connectivity index (χ4n) is 4.18. The first-order valence-corrected chi connectivity index (χ1v) is 13.4. The molecule has 4 rings (SSSR count). The molecular weight excluding hydrogens is 466 g/mol. The number of anilines is 1. The summed E-state index contributed by atoms with van der Waals surface area (Å²) in [6, 6.07) is 14.1. The predicted molar refractivity (Wildman–Crippen MR) is 136 cm³/mol. The van der Waals surface area contributed by atoms with Crippen molar-refractivity contribution in [1.29, 1.82) is 0 Å². The number of nitrogens with zero attached hydrogens (tertiary/aromatic N) is 3. The van der Waals surface area contributed by atoms with Gasteiger partial charge in [0.05, 0.1) is 23.6 Å². The number of carbonyl (C=O) groups excluding carboxylic acids is 2. The minimum Gasteiger partial charge on any atom is -0.399 e. The van der Waals surface area contributed by atoms with Crippen LogP contribution in [0.2, 0.25) is 0 Å². The molecule has 1 unspecified atom stereocenters. The predicted octanol–water partition coefficient (Wildman–Crippen LogP) is 2.07. The second-order valence-corrected chi connectivity index (χ2v) is 12.3. The van der Waals surface area contributed by atoms with Crippen LogP contribution in [0.15, 0.2) is 48.5 Å². The molecule has 0 saturated carbocycles. The summed E-state index contributed by atoms with van der Waals surface area (Å²) in [5.74, 6) is -0.866. The fraction of sp³-hybridized carbons (Fsp3) is 0.400. The van der Waals surface area contributed by atoms with E-state index in [1.165, 1.54) is 4.90 Å². The number of hydrogen-bond acceptors (Lipinski definition) is 6. The number of benzene rings is 2. The van der Waals surface area contributed by atoms with Gasteiger partial charge in [0.1, 0.15) is 6.04 Å². The summed E-state index contributed by atoms with van der Waals surface area (Å²) in [6.07, 6.45) is 0. The maximum absolute atomic E-state index is 13.4. The van der Waals surface area contributed by atoms with Crippen LogP contribution in [0.4, 0.5) is 5.69 Å². The maximum atomic E-state index is 13.4. The molecule has 1 atom stereocenters.